The molecule has 1 heterocycles. The van der Waals surface area contributed by atoms with Crippen LogP contribution in [-0.4, -0.2) is 35.8 Å². The Hall–Kier alpha value is -2.62. The van der Waals surface area contributed by atoms with Gasteiger partial charge in [-0.1, -0.05) is 29.8 Å². The Kier molecular flexibility index (Phi) is 4.62. The highest BCUT2D eigenvalue weighted by Gasteiger charge is 2.35. The molecule has 1 fully saturated rings. The lowest BCUT2D eigenvalue weighted by atomic mass is 10.1. The van der Waals surface area contributed by atoms with Crippen LogP contribution in [0, 0.1) is 20.8 Å². The van der Waals surface area contributed by atoms with Gasteiger partial charge in [0.15, 0.2) is 0 Å². The maximum absolute atomic E-state index is 12.9. The van der Waals surface area contributed by atoms with E-state index in [9.17, 15) is 9.59 Å². The second-order valence-electron chi connectivity index (χ2n) is 6.82. The summed E-state index contributed by atoms with van der Waals surface area (Å²) in [5.41, 5.74) is 4.88. The van der Waals surface area contributed by atoms with Crippen molar-refractivity contribution < 1.29 is 9.59 Å². The van der Waals surface area contributed by atoms with E-state index in [2.05, 4.69) is 0 Å². The van der Waals surface area contributed by atoms with E-state index >= 15 is 0 Å². The van der Waals surface area contributed by atoms with Crippen molar-refractivity contribution in [3.63, 3.8) is 0 Å². The minimum atomic E-state index is -0.470. The third kappa shape index (κ3) is 3.29. The van der Waals surface area contributed by atoms with Crippen molar-refractivity contribution in [3.05, 3.63) is 64.7 Å². The lowest BCUT2D eigenvalue weighted by molar-refractivity contribution is -0.124. The van der Waals surface area contributed by atoms with Crippen LogP contribution in [0.5, 0.6) is 0 Å². The smallest absolute Gasteiger partial charge is 0.254 e. The first-order valence-corrected chi connectivity index (χ1v) is 8.65. The molecule has 4 nitrogen and oxygen atoms in total. The number of rotatable bonds is 2. The minimum Gasteiger partial charge on any atom is -0.325 e. The molecule has 0 aromatic heterocycles. The van der Waals surface area contributed by atoms with Gasteiger partial charge in [0.2, 0.25) is 5.91 Å². The van der Waals surface area contributed by atoms with Gasteiger partial charge in [-0.2, -0.15) is 0 Å². The molecular weight excluding hydrogens is 312 g/mol. The number of amides is 2. The number of hydrogen-bond acceptors (Lipinski definition) is 2. The number of carbonyl (C=O) groups excluding carboxylic acids is 2. The molecule has 0 saturated carbocycles. The average Bonchev–Trinajstić information content (AvgIpc) is 2.60. The summed E-state index contributed by atoms with van der Waals surface area (Å²) in [6, 6.07) is 13.1. The minimum absolute atomic E-state index is 0.0274. The molecule has 0 N–H and O–H groups in total. The summed E-state index contributed by atoms with van der Waals surface area (Å²) in [5.74, 6) is -0.109. The summed E-state index contributed by atoms with van der Waals surface area (Å²) in [6.45, 7) is 8.89. The van der Waals surface area contributed by atoms with E-state index < -0.39 is 6.04 Å². The van der Waals surface area contributed by atoms with E-state index in [4.69, 9.17) is 0 Å². The number of hydrogen-bond donors (Lipinski definition) is 0. The number of carbonyl (C=O) groups is 2. The first-order chi connectivity index (χ1) is 11.9. The first-order valence-electron chi connectivity index (χ1n) is 8.65. The molecule has 1 saturated heterocycles. The second kappa shape index (κ2) is 6.71. The fourth-order valence-corrected chi connectivity index (χ4v) is 3.26. The van der Waals surface area contributed by atoms with Crippen molar-refractivity contribution in [2.24, 2.45) is 0 Å². The van der Waals surface area contributed by atoms with Gasteiger partial charge < -0.3 is 9.80 Å². The fourth-order valence-electron chi connectivity index (χ4n) is 3.26. The van der Waals surface area contributed by atoms with Crippen LogP contribution >= 0.6 is 0 Å². The third-order valence-corrected chi connectivity index (χ3v) is 4.87. The summed E-state index contributed by atoms with van der Waals surface area (Å²) in [5, 5.41) is 0. The topological polar surface area (TPSA) is 40.6 Å². The second-order valence-corrected chi connectivity index (χ2v) is 6.82. The van der Waals surface area contributed by atoms with Crippen LogP contribution in [0.4, 0.5) is 5.69 Å². The molecule has 1 atom stereocenters. The monoisotopic (exact) mass is 336 g/mol. The van der Waals surface area contributed by atoms with Gasteiger partial charge in [0.05, 0.1) is 0 Å². The van der Waals surface area contributed by atoms with Gasteiger partial charge in [0.25, 0.3) is 5.91 Å². The number of anilines is 1. The molecule has 1 aliphatic heterocycles. The normalized spacial score (nSPS) is 17.8. The predicted octanol–water partition coefficient (Wildman–Crippen LogP) is 3.49. The molecular formula is C21H24N2O2. The van der Waals surface area contributed by atoms with E-state index in [0.29, 0.717) is 18.7 Å². The van der Waals surface area contributed by atoms with Gasteiger partial charge in [-0.25, -0.2) is 0 Å². The van der Waals surface area contributed by atoms with Crippen LogP contribution in [0.25, 0.3) is 0 Å². The number of benzene rings is 2. The van der Waals surface area contributed by atoms with Crippen LogP contribution in [0.15, 0.2) is 42.5 Å². The zero-order valence-corrected chi connectivity index (χ0v) is 15.2. The molecule has 0 unspecified atom stereocenters. The molecule has 0 radical (unpaired) electrons. The fraction of sp³-hybridized carbons (Fsp3) is 0.333. The van der Waals surface area contributed by atoms with Gasteiger partial charge in [-0.15, -0.1) is 0 Å². The number of piperazine rings is 1. The first kappa shape index (κ1) is 17.2. The van der Waals surface area contributed by atoms with Crippen molar-refractivity contribution in [2.45, 2.75) is 33.7 Å². The zero-order chi connectivity index (χ0) is 18.1. The van der Waals surface area contributed by atoms with Gasteiger partial charge in [-0.05, 0) is 57.0 Å². The van der Waals surface area contributed by atoms with Crippen molar-refractivity contribution in [1.29, 1.82) is 0 Å². The summed E-state index contributed by atoms with van der Waals surface area (Å²) in [6.07, 6.45) is 0. The Bertz CT molecular complexity index is 811. The molecule has 1 aliphatic rings. The zero-order valence-electron chi connectivity index (χ0n) is 15.2. The lowest BCUT2D eigenvalue weighted by Gasteiger charge is -2.39. The Balaban J connectivity index is 1.83. The highest BCUT2D eigenvalue weighted by molar-refractivity contribution is 6.03. The third-order valence-electron chi connectivity index (χ3n) is 4.87. The molecule has 25 heavy (non-hydrogen) atoms. The molecule has 2 aromatic rings. The van der Waals surface area contributed by atoms with Gasteiger partial charge in [0, 0.05) is 24.3 Å². The van der Waals surface area contributed by atoms with E-state index in [-0.39, 0.29) is 11.8 Å². The molecule has 0 bridgehead atoms. The summed E-state index contributed by atoms with van der Waals surface area (Å²) < 4.78 is 0. The van der Waals surface area contributed by atoms with E-state index in [1.54, 1.807) is 4.90 Å². The molecule has 2 amide bonds. The standard InChI is InChI=1S/C21H24N2O2/c1-14-6-9-18(10-7-14)21(25)22-11-12-23(20(24)17(22)4)19-13-15(2)5-8-16(19)3/h5-10,13,17H,11-12H2,1-4H3/t17-/m1/s1. The van der Waals surface area contributed by atoms with Crippen LogP contribution < -0.4 is 4.90 Å². The SMILES string of the molecule is Cc1ccc(C(=O)N2CCN(c3cc(C)ccc3C)C(=O)[C@H]2C)cc1. The molecule has 130 valence electrons. The molecule has 3 rings (SSSR count). The van der Waals surface area contributed by atoms with Gasteiger partial charge in [0.1, 0.15) is 6.04 Å². The average molecular weight is 336 g/mol. The number of nitrogens with zero attached hydrogens (tertiary/aromatic N) is 2. The Morgan fingerprint density at radius 1 is 0.960 bits per heavy atom. The lowest BCUT2D eigenvalue weighted by Crippen LogP contribution is -2.58. The van der Waals surface area contributed by atoms with Crippen LogP contribution in [0.1, 0.15) is 34.0 Å². The van der Waals surface area contributed by atoms with E-state index in [0.717, 1.165) is 22.4 Å². The maximum Gasteiger partial charge on any atom is 0.254 e. The van der Waals surface area contributed by atoms with E-state index in [1.807, 2.05) is 75.1 Å². The Morgan fingerprint density at radius 3 is 2.28 bits per heavy atom. The van der Waals surface area contributed by atoms with Crippen LogP contribution in [-0.2, 0) is 4.79 Å². The van der Waals surface area contributed by atoms with Crippen LogP contribution in [0.2, 0.25) is 0 Å². The summed E-state index contributed by atoms with van der Waals surface area (Å²) in [4.78, 5) is 29.2. The predicted molar refractivity (Wildman–Crippen MR) is 99.9 cm³/mol. The van der Waals surface area contributed by atoms with Gasteiger partial charge in [-0.3, -0.25) is 9.59 Å². The largest absolute Gasteiger partial charge is 0.325 e. The Morgan fingerprint density at radius 2 is 1.60 bits per heavy atom. The number of aryl methyl sites for hydroxylation is 3. The molecule has 0 spiro atoms. The highest BCUT2D eigenvalue weighted by atomic mass is 16.2. The van der Waals surface area contributed by atoms with Gasteiger partial charge >= 0.3 is 0 Å². The molecule has 4 heteroatoms. The Labute approximate surface area is 149 Å². The van der Waals surface area contributed by atoms with Crippen LogP contribution in [0.3, 0.4) is 0 Å². The summed E-state index contributed by atoms with van der Waals surface area (Å²) in [7, 11) is 0. The molecule has 2 aromatic carbocycles. The highest BCUT2D eigenvalue weighted by Crippen LogP contribution is 2.26. The van der Waals surface area contributed by atoms with Crippen molar-refractivity contribution >= 4 is 17.5 Å². The quantitative estimate of drug-likeness (QED) is 0.842. The van der Waals surface area contributed by atoms with Crippen molar-refractivity contribution in [2.75, 3.05) is 18.0 Å². The molecule has 0 aliphatic carbocycles. The summed E-state index contributed by atoms with van der Waals surface area (Å²) >= 11 is 0. The van der Waals surface area contributed by atoms with Crippen molar-refractivity contribution in [1.82, 2.24) is 4.90 Å². The van der Waals surface area contributed by atoms with E-state index in [1.165, 1.54) is 0 Å². The van der Waals surface area contributed by atoms with Crippen molar-refractivity contribution in [3.8, 4) is 0 Å². The maximum atomic E-state index is 12.9.